The Labute approximate surface area is 164 Å². The third-order valence-electron chi connectivity index (χ3n) is 2.90. The number of benzene rings is 2. The fraction of sp³-hybridized carbons (Fsp3) is 0.133. The number of hydrogen-bond acceptors (Lipinski definition) is 2. The third-order valence-corrected chi connectivity index (χ3v) is 6.56. The fourth-order valence-corrected chi connectivity index (χ4v) is 4.16. The van der Waals surface area contributed by atoms with Crippen molar-refractivity contribution in [2.24, 2.45) is 0 Å². The second-order valence-electron chi connectivity index (χ2n) is 4.41. The van der Waals surface area contributed by atoms with Gasteiger partial charge in [0.1, 0.15) is 0 Å². The molecule has 110 valence electrons. The van der Waals surface area contributed by atoms with Crippen LogP contribution in [0, 0.1) is 10.7 Å². The summed E-state index contributed by atoms with van der Waals surface area (Å²) in [6.45, 7) is 0.508. The van der Waals surface area contributed by atoms with Gasteiger partial charge in [0, 0.05) is 17.3 Å². The Morgan fingerprint density at radius 2 is 1.67 bits per heavy atom. The molecule has 2 N–H and O–H groups in total. The van der Waals surface area contributed by atoms with Gasteiger partial charge in [-0.25, -0.2) is 0 Å². The van der Waals surface area contributed by atoms with E-state index in [0.717, 1.165) is 21.8 Å². The van der Waals surface area contributed by atoms with E-state index < -0.39 is 0 Å². The van der Waals surface area contributed by atoms with Crippen molar-refractivity contribution in [3.05, 3.63) is 63.8 Å². The fourth-order valence-electron chi connectivity index (χ4n) is 1.76. The van der Waals surface area contributed by atoms with Crippen molar-refractivity contribution in [1.29, 1.82) is 0 Å². The highest BCUT2D eigenvalue weighted by Gasteiger charge is 2.13. The van der Waals surface area contributed by atoms with Crippen molar-refractivity contribution in [2.45, 2.75) is 13.2 Å². The first kappa shape index (κ1) is 17.4. The zero-order valence-electron chi connectivity index (χ0n) is 10.9. The molecule has 0 saturated heterocycles. The van der Waals surface area contributed by atoms with E-state index in [0.29, 0.717) is 12.1 Å². The minimum Gasteiger partial charge on any atom is -0.392 e. The molecule has 6 heteroatoms. The van der Waals surface area contributed by atoms with Crippen LogP contribution in [0.3, 0.4) is 0 Å². The average Bonchev–Trinajstić information content (AvgIpc) is 2.49. The Kier molecular flexibility index (Phi) is 6.69. The Hall–Kier alpha value is 0.0600. The van der Waals surface area contributed by atoms with Crippen LogP contribution in [-0.4, -0.2) is 11.0 Å². The Morgan fingerprint density at radius 3 is 2.29 bits per heavy atom. The molecule has 0 aliphatic carbocycles. The Bertz CT molecular complexity index is 657. The first-order valence-electron chi connectivity index (χ1n) is 6.12. The van der Waals surface area contributed by atoms with Crippen molar-refractivity contribution in [2.75, 3.05) is 0 Å². The van der Waals surface area contributed by atoms with Gasteiger partial charge in [-0.2, -0.15) is 0 Å². The van der Waals surface area contributed by atoms with Crippen LogP contribution in [-0.2, 0) is 13.2 Å². The van der Waals surface area contributed by atoms with Crippen molar-refractivity contribution >= 4 is 73.7 Å². The molecule has 0 aromatic heterocycles. The van der Waals surface area contributed by atoms with Gasteiger partial charge in [-0.3, -0.25) is 4.79 Å². The zero-order chi connectivity index (χ0) is 15.4. The number of carbonyl (C=O) groups is 1. The molecule has 0 radical (unpaired) electrons. The molecular formula is C15H12I3NO2. The number of carbonyl (C=O) groups excluding carboxylic acids is 1. The van der Waals surface area contributed by atoms with Gasteiger partial charge in [0.25, 0.3) is 5.91 Å². The van der Waals surface area contributed by atoms with E-state index in [1.165, 1.54) is 0 Å². The van der Waals surface area contributed by atoms with E-state index in [9.17, 15) is 4.79 Å². The van der Waals surface area contributed by atoms with E-state index in [-0.39, 0.29) is 12.5 Å². The lowest BCUT2D eigenvalue weighted by molar-refractivity contribution is 0.0950. The lowest BCUT2D eigenvalue weighted by Crippen LogP contribution is -2.24. The molecule has 21 heavy (non-hydrogen) atoms. The number of aliphatic hydroxyl groups is 1. The summed E-state index contributed by atoms with van der Waals surface area (Å²) in [5.74, 6) is -0.0675. The molecule has 2 aromatic rings. The van der Waals surface area contributed by atoms with E-state index in [1.54, 1.807) is 0 Å². The maximum absolute atomic E-state index is 12.3. The second-order valence-corrected chi connectivity index (χ2v) is 7.89. The SMILES string of the molecule is O=C(NCc1ccc(CO)cc1)c1cc(I)cc(I)c1I. The Morgan fingerprint density at radius 1 is 1.05 bits per heavy atom. The predicted molar refractivity (Wildman–Crippen MR) is 108 cm³/mol. The van der Waals surface area contributed by atoms with Crippen molar-refractivity contribution in [3.63, 3.8) is 0 Å². The number of amides is 1. The molecule has 2 aromatic carbocycles. The number of halogens is 3. The molecular weight excluding hydrogens is 607 g/mol. The maximum atomic E-state index is 12.3. The molecule has 3 nitrogen and oxygen atoms in total. The molecule has 0 atom stereocenters. The van der Waals surface area contributed by atoms with Crippen LogP contribution >= 0.6 is 67.8 Å². The number of aliphatic hydroxyl groups excluding tert-OH is 1. The quantitative estimate of drug-likeness (QED) is 0.403. The van der Waals surface area contributed by atoms with Gasteiger partial charge in [0.15, 0.2) is 0 Å². The molecule has 0 unspecified atom stereocenters. The van der Waals surface area contributed by atoms with Crippen LogP contribution in [0.15, 0.2) is 36.4 Å². The van der Waals surface area contributed by atoms with Crippen LogP contribution < -0.4 is 5.32 Å². The summed E-state index contributed by atoms with van der Waals surface area (Å²) in [4.78, 5) is 12.3. The van der Waals surface area contributed by atoms with Crippen molar-refractivity contribution in [3.8, 4) is 0 Å². The highest BCUT2D eigenvalue weighted by Crippen LogP contribution is 2.22. The zero-order valence-corrected chi connectivity index (χ0v) is 17.3. The van der Waals surface area contributed by atoms with Gasteiger partial charge >= 0.3 is 0 Å². The normalized spacial score (nSPS) is 10.5. The van der Waals surface area contributed by atoms with Gasteiger partial charge < -0.3 is 10.4 Å². The van der Waals surface area contributed by atoms with E-state index in [1.807, 2.05) is 36.4 Å². The second kappa shape index (κ2) is 8.06. The van der Waals surface area contributed by atoms with Crippen molar-refractivity contribution in [1.82, 2.24) is 5.32 Å². The first-order chi connectivity index (χ1) is 10.0. The summed E-state index contributed by atoms with van der Waals surface area (Å²) in [6.07, 6.45) is 0. The molecule has 0 aliphatic rings. The summed E-state index contributed by atoms with van der Waals surface area (Å²) < 4.78 is 3.11. The number of nitrogens with one attached hydrogen (secondary N) is 1. The number of hydrogen-bond donors (Lipinski definition) is 2. The molecule has 0 aliphatic heterocycles. The summed E-state index contributed by atoms with van der Waals surface area (Å²) in [5, 5.41) is 11.9. The van der Waals surface area contributed by atoms with Crippen LogP contribution in [0.5, 0.6) is 0 Å². The van der Waals surface area contributed by atoms with Crippen LogP contribution in [0.2, 0.25) is 0 Å². The molecule has 2 rings (SSSR count). The summed E-state index contributed by atoms with van der Waals surface area (Å²) in [7, 11) is 0. The lowest BCUT2D eigenvalue weighted by Gasteiger charge is -2.09. The monoisotopic (exact) mass is 619 g/mol. The van der Waals surface area contributed by atoms with Crippen LogP contribution in [0.4, 0.5) is 0 Å². The largest absolute Gasteiger partial charge is 0.392 e. The van der Waals surface area contributed by atoms with Crippen LogP contribution in [0.1, 0.15) is 21.5 Å². The molecule has 0 spiro atoms. The molecule has 0 fully saturated rings. The summed E-state index contributed by atoms with van der Waals surface area (Å²) >= 11 is 6.66. The smallest absolute Gasteiger partial charge is 0.252 e. The molecule has 0 bridgehead atoms. The highest BCUT2D eigenvalue weighted by atomic mass is 127. The average molecular weight is 619 g/mol. The Balaban J connectivity index is 2.08. The van der Waals surface area contributed by atoms with Crippen molar-refractivity contribution < 1.29 is 9.90 Å². The molecule has 0 saturated carbocycles. The maximum Gasteiger partial charge on any atom is 0.252 e. The summed E-state index contributed by atoms with van der Waals surface area (Å²) in [5.41, 5.74) is 2.58. The van der Waals surface area contributed by atoms with E-state index >= 15 is 0 Å². The van der Waals surface area contributed by atoms with E-state index in [4.69, 9.17) is 5.11 Å². The predicted octanol–water partition coefficient (Wildman–Crippen LogP) is 3.92. The minimum atomic E-state index is -0.0675. The highest BCUT2D eigenvalue weighted by molar-refractivity contribution is 14.1. The number of rotatable bonds is 4. The molecule has 0 heterocycles. The third kappa shape index (κ3) is 4.76. The van der Waals surface area contributed by atoms with Gasteiger partial charge in [-0.1, -0.05) is 24.3 Å². The minimum absolute atomic E-state index is 0.0335. The van der Waals surface area contributed by atoms with Gasteiger partial charge in [0.2, 0.25) is 0 Å². The summed E-state index contributed by atoms with van der Waals surface area (Å²) in [6, 6.07) is 11.5. The lowest BCUT2D eigenvalue weighted by atomic mass is 10.1. The van der Waals surface area contributed by atoms with Crippen LogP contribution in [0.25, 0.3) is 0 Å². The first-order valence-corrected chi connectivity index (χ1v) is 9.36. The van der Waals surface area contributed by atoms with Gasteiger partial charge in [0.05, 0.1) is 12.2 Å². The molecule has 1 amide bonds. The van der Waals surface area contributed by atoms with Gasteiger partial charge in [-0.15, -0.1) is 0 Å². The van der Waals surface area contributed by atoms with E-state index in [2.05, 4.69) is 73.1 Å². The topological polar surface area (TPSA) is 49.3 Å². The standard InChI is InChI=1S/C15H12I3NO2/c16-11-5-12(14(18)13(17)6-11)15(21)19-7-9-1-3-10(8-20)4-2-9/h1-6,20H,7-8H2,(H,19,21). The van der Waals surface area contributed by atoms with Gasteiger partial charge in [-0.05, 0) is 91.0 Å².